The number of likely N-dealkylation sites (tertiary alicyclic amines) is 1. The first-order valence-corrected chi connectivity index (χ1v) is 4.14. The maximum Gasteiger partial charge on any atom is 0.0238 e. The van der Waals surface area contributed by atoms with Crippen LogP contribution in [0.25, 0.3) is 0 Å². The second-order valence-electron chi connectivity index (χ2n) is 2.75. The van der Waals surface area contributed by atoms with Gasteiger partial charge in [-0.1, -0.05) is 0 Å². The molecule has 0 aromatic carbocycles. The molecule has 0 aromatic heterocycles. The third kappa shape index (κ3) is 2.65. The molecule has 1 saturated heterocycles. The summed E-state index contributed by atoms with van der Waals surface area (Å²) in [5.74, 6) is 0.814. The van der Waals surface area contributed by atoms with Crippen LogP contribution < -0.4 is 12.4 Å². The predicted molar refractivity (Wildman–Crippen MR) is 41.0 cm³/mol. The first-order valence-electron chi connectivity index (χ1n) is 3.61. The highest BCUT2D eigenvalue weighted by molar-refractivity contribution is 6.17. The van der Waals surface area contributed by atoms with Crippen molar-refractivity contribution in [2.45, 2.75) is 25.3 Å². The van der Waals surface area contributed by atoms with E-state index in [9.17, 15) is 0 Å². The second-order valence-corrected chi connectivity index (χ2v) is 3.13. The molecular formula is C7H14Cl2N-. The number of hydrogen-bond acceptors (Lipinski definition) is 1. The minimum atomic E-state index is 0. The van der Waals surface area contributed by atoms with Gasteiger partial charge in [0.15, 0.2) is 0 Å². The van der Waals surface area contributed by atoms with Gasteiger partial charge in [-0.2, -0.15) is 0 Å². The topological polar surface area (TPSA) is 3.24 Å². The maximum absolute atomic E-state index is 5.62. The monoisotopic (exact) mass is 182 g/mol. The van der Waals surface area contributed by atoms with Gasteiger partial charge in [-0.3, -0.25) is 0 Å². The minimum Gasteiger partial charge on any atom is -1.00 e. The quantitative estimate of drug-likeness (QED) is 0.482. The fourth-order valence-electron chi connectivity index (χ4n) is 1.47. The summed E-state index contributed by atoms with van der Waals surface area (Å²) >= 11 is 5.62. The molecule has 0 aromatic rings. The highest BCUT2D eigenvalue weighted by Crippen LogP contribution is 2.17. The molecule has 1 aliphatic rings. The van der Waals surface area contributed by atoms with Crippen molar-refractivity contribution in [2.75, 3.05) is 19.5 Å². The molecule has 1 unspecified atom stereocenters. The van der Waals surface area contributed by atoms with Crippen molar-refractivity contribution in [3.8, 4) is 0 Å². The molecule has 10 heavy (non-hydrogen) atoms. The Labute approximate surface area is 74.1 Å². The lowest BCUT2D eigenvalue weighted by Gasteiger charge is -2.17. The molecule has 1 heterocycles. The zero-order chi connectivity index (χ0) is 6.69. The molecule has 0 aliphatic carbocycles. The second kappa shape index (κ2) is 5.22. The molecular weight excluding hydrogens is 169 g/mol. The van der Waals surface area contributed by atoms with E-state index in [1.54, 1.807) is 0 Å². The SMILES string of the molecule is CN1CCCC1CCCl.[Cl-]. The summed E-state index contributed by atoms with van der Waals surface area (Å²) in [5, 5.41) is 0. The van der Waals surface area contributed by atoms with Gasteiger partial charge in [-0.25, -0.2) is 0 Å². The van der Waals surface area contributed by atoms with E-state index < -0.39 is 0 Å². The number of rotatable bonds is 2. The van der Waals surface area contributed by atoms with E-state index >= 15 is 0 Å². The van der Waals surface area contributed by atoms with Crippen molar-refractivity contribution in [1.82, 2.24) is 4.90 Å². The smallest absolute Gasteiger partial charge is 0.0238 e. The van der Waals surface area contributed by atoms with Gasteiger partial charge >= 0.3 is 0 Å². The van der Waals surface area contributed by atoms with Crippen LogP contribution >= 0.6 is 11.6 Å². The van der Waals surface area contributed by atoms with Crippen molar-refractivity contribution in [2.24, 2.45) is 0 Å². The van der Waals surface area contributed by atoms with Gasteiger partial charge in [0.1, 0.15) is 0 Å². The van der Waals surface area contributed by atoms with Crippen LogP contribution in [0.15, 0.2) is 0 Å². The molecule has 0 saturated carbocycles. The number of alkyl halides is 1. The summed E-state index contributed by atoms with van der Waals surface area (Å²) in [5.41, 5.74) is 0. The molecule has 1 nitrogen and oxygen atoms in total. The van der Waals surface area contributed by atoms with Crippen molar-refractivity contribution < 1.29 is 12.4 Å². The van der Waals surface area contributed by atoms with Gasteiger partial charge in [0.2, 0.25) is 0 Å². The summed E-state index contributed by atoms with van der Waals surface area (Å²) in [4.78, 5) is 2.41. The van der Waals surface area contributed by atoms with Crippen molar-refractivity contribution in [1.29, 1.82) is 0 Å². The number of hydrogen-bond donors (Lipinski definition) is 0. The van der Waals surface area contributed by atoms with Crippen molar-refractivity contribution in [3.63, 3.8) is 0 Å². The van der Waals surface area contributed by atoms with E-state index in [1.165, 1.54) is 19.4 Å². The summed E-state index contributed by atoms with van der Waals surface area (Å²) < 4.78 is 0. The molecule has 0 bridgehead atoms. The van der Waals surface area contributed by atoms with Crippen LogP contribution in [0.3, 0.4) is 0 Å². The van der Waals surface area contributed by atoms with Gasteiger partial charge < -0.3 is 17.3 Å². The maximum atomic E-state index is 5.62. The fraction of sp³-hybridized carbons (Fsp3) is 1.00. The first kappa shape index (κ1) is 10.5. The summed E-state index contributed by atoms with van der Waals surface area (Å²) in [6.07, 6.45) is 3.87. The fourth-order valence-corrected chi connectivity index (χ4v) is 1.72. The summed E-state index contributed by atoms with van der Waals surface area (Å²) in [6, 6.07) is 0.780. The van der Waals surface area contributed by atoms with Crippen LogP contribution in [0.5, 0.6) is 0 Å². The van der Waals surface area contributed by atoms with Crippen molar-refractivity contribution in [3.05, 3.63) is 0 Å². The van der Waals surface area contributed by atoms with Gasteiger partial charge in [0.25, 0.3) is 0 Å². The molecule has 3 heteroatoms. The lowest BCUT2D eigenvalue weighted by molar-refractivity contribution is -0.00000191. The van der Waals surface area contributed by atoms with Gasteiger partial charge in [0, 0.05) is 11.9 Å². The van der Waals surface area contributed by atoms with E-state index in [2.05, 4.69) is 11.9 Å². The van der Waals surface area contributed by atoms with E-state index in [4.69, 9.17) is 11.6 Å². The van der Waals surface area contributed by atoms with Gasteiger partial charge in [-0.05, 0) is 32.9 Å². The summed E-state index contributed by atoms with van der Waals surface area (Å²) in [6.45, 7) is 1.27. The van der Waals surface area contributed by atoms with Crippen molar-refractivity contribution >= 4 is 11.6 Å². The Balaban J connectivity index is 0.000000810. The van der Waals surface area contributed by atoms with E-state index in [0.29, 0.717) is 0 Å². The number of nitrogens with zero attached hydrogens (tertiary/aromatic N) is 1. The van der Waals surface area contributed by atoms with Crippen LogP contribution in [-0.4, -0.2) is 30.4 Å². The minimum absolute atomic E-state index is 0. The Morgan fingerprint density at radius 2 is 2.30 bits per heavy atom. The third-order valence-electron chi connectivity index (χ3n) is 2.11. The molecule has 0 N–H and O–H groups in total. The van der Waals surface area contributed by atoms with Crippen LogP contribution in [0, 0.1) is 0 Å². The molecule has 0 radical (unpaired) electrons. The standard InChI is InChI=1S/C7H14ClN.ClH/c1-9-6-2-3-7(9)4-5-8;/h7H,2-6H2,1H3;1H/p-1. The highest BCUT2D eigenvalue weighted by Gasteiger charge is 2.19. The molecule has 1 atom stereocenters. The number of halogens is 2. The Bertz CT molecular complexity index is 87.7. The first-order chi connectivity index (χ1) is 4.34. The molecule has 0 amide bonds. The Morgan fingerprint density at radius 3 is 2.70 bits per heavy atom. The molecule has 1 fully saturated rings. The highest BCUT2D eigenvalue weighted by atomic mass is 35.5. The van der Waals surface area contributed by atoms with E-state index in [1.807, 2.05) is 0 Å². The normalized spacial score (nSPS) is 26.4. The molecule has 1 aliphatic heterocycles. The Hall–Kier alpha value is 0.540. The average molecular weight is 183 g/mol. The molecule has 62 valence electrons. The predicted octanol–water partition coefficient (Wildman–Crippen LogP) is -1.29. The zero-order valence-corrected chi connectivity index (χ0v) is 7.83. The molecule has 0 spiro atoms. The van der Waals surface area contributed by atoms with E-state index in [0.717, 1.165) is 18.3 Å². The Kier molecular flexibility index (Phi) is 5.51. The lowest BCUT2D eigenvalue weighted by Crippen LogP contribution is -3.00. The van der Waals surface area contributed by atoms with Gasteiger partial charge in [0.05, 0.1) is 0 Å². The van der Waals surface area contributed by atoms with E-state index in [-0.39, 0.29) is 12.4 Å². The summed E-state index contributed by atoms with van der Waals surface area (Å²) in [7, 11) is 2.18. The lowest BCUT2D eigenvalue weighted by atomic mass is 10.2. The third-order valence-corrected chi connectivity index (χ3v) is 2.33. The van der Waals surface area contributed by atoms with Crippen LogP contribution in [-0.2, 0) is 0 Å². The average Bonchev–Trinajstić information content (AvgIpc) is 2.18. The van der Waals surface area contributed by atoms with Crippen LogP contribution in [0.1, 0.15) is 19.3 Å². The molecule has 1 rings (SSSR count). The largest absolute Gasteiger partial charge is 1.00 e. The Morgan fingerprint density at radius 1 is 1.60 bits per heavy atom. The van der Waals surface area contributed by atoms with Crippen LogP contribution in [0.2, 0.25) is 0 Å². The zero-order valence-electron chi connectivity index (χ0n) is 6.32. The van der Waals surface area contributed by atoms with Crippen LogP contribution in [0.4, 0.5) is 0 Å². The van der Waals surface area contributed by atoms with Gasteiger partial charge in [-0.15, -0.1) is 11.6 Å².